The van der Waals surface area contributed by atoms with Gasteiger partial charge in [0.1, 0.15) is 5.75 Å². The normalized spacial score (nSPS) is 15.5. The number of ether oxygens (including phenoxy) is 3. The van der Waals surface area contributed by atoms with E-state index in [-0.39, 0.29) is 18.0 Å². The van der Waals surface area contributed by atoms with E-state index in [0.717, 1.165) is 32.4 Å². The first-order valence-corrected chi connectivity index (χ1v) is 8.77. The predicted molar refractivity (Wildman–Crippen MR) is 96.7 cm³/mol. The summed E-state index contributed by atoms with van der Waals surface area (Å²) in [7, 11) is 0. The molecule has 0 atom stereocenters. The molecule has 8 nitrogen and oxygen atoms in total. The van der Waals surface area contributed by atoms with Crippen molar-refractivity contribution in [2.45, 2.75) is 19.3 Å². The predicted octanol–water partition coefficient (Wildman–Crippen LogP) is 3.53. The zero-order chi connectivity index (χ0) is 18.8. The smallest absolute Gasteiger partial charge is 0.345 e. The lowest BCUT2D eigenvalue weighted by molar-refractivity contribution is -0.384. The van der Waals surface area contributed by atoms with E-state index in [1.54, 1.807) is 24.3 Å². The number of non-ortho nitro benzene ring substituents is 1. The molecule has 0 saturated carbocycles. The lowest BCUT2D eigenvalue weighted by Crippen LogP contribution is -2.31. The number of benzene rings is 2. The summed E-state index contributed by atoms with van der Waals surface area (Å²) in [4.78, 5) is 25.5. The number of nitro groups is 1. The molecule has 2 aliphatic rings. The highest BCUT2D eigenvalue weighted by atomic mass is 16.7. The third-order valence-corrected chi connectivity index (χ3v) is 4.66. The SMILES string of the molecule is O=C(Oc1ccc2c(c1)OCO2)c1cc([N+](=O)[O-])ccc1N1CCCCC1. The van der Waals surface area contributed by atoms with Gasteiger partial charge in [-0.15, -0.1) is 0 Å². The second-order valence-electron chi connectivity index (χ2n) is 6.41. The van der Waals surface area contributed by atoms with Crippen LogP contribution in [0, 0.1) is 10.1 Å². The van der Waals surface area contributed by atoms with Crippen molar-refractivity contribution in [3.05, 3.63) is 52.1 Å². The molecule has 1 saturated heterocycles. The second-order valence-corrected chi connectivity index (χ2v) is 6.41. The van der Waals surface area contributed by atoms with Crippen molar-refractivity contribution in [2.24, 2.45) is 0 Å². The third kappa shape index (κ3) is 3.51. The van der Waals surface area contributed by atoms with E-state index < -0.39 is 10.9 Å². The van der Waals surface area contributed by atoms with Gasteiger partial charge in [0.05, 0.1) is 16.2 Å². The summed E-state index contributed by atoms with van der Waals surface area (Å²) in [5.74, 6) is 0.730. The molecule has 2 heterocycles. The number of carbonyl (C=O) groups excluding carboxylic acids is 1. The van der Waals surface area contributed by atoms with Crippen LogP contribution < -0.4 is 19.1 Å². The van der Waals surface area contributed by atoms with E-state index in [4.69, 9.17) is 14.2 Å². The number of piperidine rings is 1. The monoisotopic (exact) mass is 370 g/mol. The number of esters is 1. The molecular weight excluding hydrogens is 352 g/mol. The van der Waals surface area contributed by atoms with Gasteiger partial charge in [-0.2, -0.15) is 0 Å². The van der Waals surface area contributed by atoms with Crippen molar-refractivity contribution in [1.82, 2.24) is 0 Å². The fourth-order valence-electron chi connectivity index (χ4n) is 3.31. The number of anilines is 1. The Hall–Kier alpha value is -3.29. The summed E-state index contributed by atoms with van der Waals surface area (Å²) in [5.41, 5.74) is 0.697. The number of nitro benzene ring substituents is 1. The Bertz CT molecular complexity index is 892. The topological polar surface area (TPSA) is 91.1 Å². The van der Waals surface area contributed by atoms with Crippen molar-refractivity contribution in [2.75, 3.05) is 24.8 Å². The lowest BCUT2D eigenvalue weighted by Gasteiger charge is -2.30. The maximum atomic E-state index is 12.8. The Morgan fingerprint density at radius 3 is 2.59 bits per heavy atom. The highest BCUT2D eigenvalue weighted by molar-refractivity contribution is 5.98. The lowest BCUT2D eigenvalue weighted by atomic mass is 10.1. The standard InChI is InChI=1S/C19H18N2O6/c22-19(27-14-5-7-17-18(11-14)26-12-25-17)15-10-13(21(23)24)4-6-16(15)20-8-2-1-3-9-20/h4-7,10-11H,1-3,8-9,12H2. The van der Waals surface area contributed by atoms with Crippen LogP contribution in [0.2, 0.25) is 0 Å². The van der Waals surface area contributed by atoms with Crippen molar-refractivity contribution in [3.63, 3.8) is 0 Å². The molecule has 0 amide bonds. The fourth-order valence-corrected chi connectivity index (χ4v) is 3.31. The summed E-state index contributed by atoms with van der Waals surface area (Å²) in [6.45, 7) is 1.74. The van der Waals surface area contributed by atoms with Crippen LogP contribution >= 0.6 is 0 Å². The van der Waals surface area contributed by atoms with Crippen LogP contribution in [0.25, 0.3) is 0 Å². The first-order chi connectivity index (χ1) is 13.1. The maximum Gasteiger partial charge on any atom is 0.345 e. The number of rotatable bonds is 4. The highest BCUT2D eigenvalue weighted by Gasteiger charge is 2.24. The van der Waals surface area contributed by atoms with E-state index in [1.807, 2.05) is 0 Å². The Labute approximate surface area is 155 Å². The van der Waals surface area contributed by atoms with Crippen molar-refractivity contribution < 1.29 is 23.9 Å². The van der Waals surface area contributed by atoms with Crippen LogP contribution in [-0.2, 0) is 0 Å². The maximum absolute atomic E-state index is 12.8. The second kappa shape index (κ2) is 7.14. The zero-order valence-corrected chi connectivity index (χ0v) is 14.6. The quantitative estimate of drug-likeness (QED) is 0.352. The third-order valence-electron chi connectivity index (χ3n) is 4.66. The minimum atomic E-state index is -0.641. The minimum Gasteiger partial charge on any atom is -0.454 e. The average Bonchev–Trinajstić information content (AvgIpc) is 3.16. The van der Waals surface area contributed by atoms with Gasteiger partial charge in [0.2, 0.25) is 6.79 Å². The fraction of sp³-hybridized carbons (Fsp3) is 0.316. The van der Waals surface area contributed by atoms with Gasteiger partial charge in [0.15, 0.2) is 11.5 Å². The molecule has 0 unspecified atom stereocenters. The van der Waals surface area contributed by atoms with Gasteiger partial charge in [-0.1, -0.05) is 0 Å². The van der Waals surface area contributed by atoms with Gasteiger partial charge >= 0.3 is 5.97 Å². The number of fused-ring (bicyclic) bond motifs is 1. The first-order valence-electron chi connectivity index (χ1n) is 8.77. The molecule has 4 rings (SSSR count). The van der Waals surface area contributed by atoms with Gasteiger partial charge in [-0.3, -0.25) is 10.1 Å². The highest BCUT2D eigenvalue weighted by Crippen LogP contribution is 2.36. The molecule has 0 N–H and O–H groups in total. The Balaban J connectivity index is 1.64. The van der Waals surface area contributed by atoms with Gasteiger partial charge in [0.25, 0.3) is 5.69 Å². The van der Waals surface area contributed by atoms with Crippen LogP contribution in [0.4, 0.5) is 11.4 Å². The average molecular weight is 370 g/mol. The van der Waals surface area contributed by atoms with E-state index in [0.29, 0.717) is 22.9 Å². The summed E-state index contributed by atoms with van der Waals surface area (Å²) < 4.78 is 16.0. The van der Waals surface area contributed by atoms with Gasteiger partial charge in [0, 0.05) is 31.3 Å². The van der Waals surface area contributed by atoms with Crippen molar-refractivity contribution >= 4 is 17.3 Å². The molecule has 0 bridgehead atoms. The molecule has 2 aromatic carbocycles. The van der Waals surface area contributed by atoms with E-state index in [9.17, 15) is 14.9 Å². The van der Waals surface area contributed by atoms with Crippen LogP contribution in [0.15, 0.2) is 36.4 Å². The molecule has 0 aromatic heterocycles. The summed E-state index contributed by atoms with van der Waals surface area (Å²) in [5, 5.41) is 11.2. The summed E-state index contributed by atoms with van der Waals surface area (Å²) in [6, 6.07) is 9.14. The van der Waals surface area contributed by atoms with Gasteiger partial charge < -0.3 is 19.1 Å². The van der Waals surface area contributed by atoms with Crippen molar-refractivity contribution in [1.29, 1.82) is 0 Å². The minimum absolute atomic E-state index is 0.122. The first kappa shape index (κ1) is 17.1. The Morgan fingerprint density at radius 2 is 1.81 bits per heavy atom. The molecule has 2 aromatic rings. The molecular formula is C19H18N2O6. The molecule has 2 aliphatic heterocycles. The molecule has 0 spiro atoms. The van der Waals surface area contributed by atoms with Crippen LogP contribution in [0.3, 0.4) is 0 Å². The molecule has 140 valence electrons. The Kier molecular flexibility index (Phi) is 4.53. The van der Waals surface area contributed by atoms with Gasteiger partial charge in [-0.05, 0) is 37.5 Å². The van der Waals surface area contributed by atoms with Gasteiger partial charge in [-0.25, -0.2) is 4.79 Å². The number of carbonyl (C=O) groups is 1. The van der Waals surface area contributed by atoms with Crippen LogP contribution in [0.5, 0.6) is 17.2 Å². The summed E-state index contributed by atoms with van der Waals surface area (Å²) in [6.07, 6.45) is 3.18. The number of hydrogen-bond donors (Lipinski definition) is 0. The molecule has 0 radical (unpaired) electrons. The molecule has 1 fully saturated rings. The largest absolute Gasteiger partial charge is 0.454 e. The zero-order valence-electron chi connectivity index (χ0n) is 14.6. The van der Waals surface area contributed by atoms with Crippen LogP contribution in [0.1, 0.15) is 29.6 Å². The molecule has 8 heteroatoms. The van der Waals surface area contributed by atoms with E-state index in [1.165, 1.54) is 12.1 Å². The van der Waals surface area contributed by atoms with E-state index >= 15 is 0 Å². The van der Waals surface area contributed by atoms with E-state index in [2.05, 4.69) is 4.90 Å². The number of nitrogens with zero attached hydrogens (tertiary/aromatic N) is 2. The summed E-state index contributed by atoms with van der Waals surface area (Å²) >= 11 is 0. The van der Waals surface area contributed by atoms with Crippen molar-refractivity contribution in [3.8, 4) is 17.2 Å². The Morgan fingerprint density at radius 1 is 1.04 bits per heavy atom. The molecule has 0 aliphatic carbocycles. The molecule has 27 heavy (non-hydrogen) atoms. The van der Waals surface area contributed by atoms with Crippen LogP contribution in [-0.4, -0.2) is 30.8 Å². The number of hydrogen-bond acceptors (Lipinski definition) is 7.